The lowest BCUT2D eigenvalue weighted by molar-refractivity contribution is 0.0747. The Morgan fingerprint density at radius 3 is 2.50 bits per heavy atom. The number of hydrogen-bond acceptors (Lipinski definition) is 4. The second-order valence-corrected chi connectivity index (χ2v) is 8.20. The lowest BCUT2D eigenvalue weighted by Crippen LogP contribution is -2.37. The summed E-state index contributed by atoms with van der Waals surface area (Å²) in [6, 6.07) is 7.33. The van der Waals surface area contributed by atoms with Crippen molar-refractivity contribution in [2.75, 3.05) is 24.8 Å². The molecule has 1 atom stereocenters. The van der Waals surface area contributed by atoms with Crippen molar-refractivity contribution >= 4 is 27.5 Å². The van der Waals surface area contributed by atoms with Crippen LogP contribution in [0.5, 0.6) is 0 Å². The van der Waals surface area contributed by atoms with Gasteiger partial charge >= 0.3 is 0 Å². The summed E-state index contributed by atoms with van der Waals surface area (Å²) in [5.41, 5.74) is 1.79. The van der Waals surface area contributed by atoms with Crippen LogP contribution in [0.25, 0.3) is 0 Å². The van der Waals surface area contributed by atoms with Gasteiger partial charge < -0.3 is 4.90 Å². The average Bonchev–Trinajstić information content (AvgIpc) is 2.79. The molecule has 1 unspecified atom stereocenters. The van der Waals surface area contributed by atoms with Crippen LogP contribution in [0.2, 0.25) is 0 Å². The van der Waals surface area contributed by atoms with Crippen molar-refractivity contribution in [3.63, 3.8) is 0 Å². The van der Waals surface area contributed by atoms with E-state index in [0.717, 1.165) is 5.75 Å². The van der Waals surface area contributed by atoms with Crippen molar-refractivity contribution in [2.45, 2.75) is 18.2 Å². The van der Waals surface area contributed by atoms with Gasteiger partial charge in [0.25, 0.3) is 5.91 Å². The van der Waals surface area contributed by atoms with E-state index in [0.29, 0.717) is 12.0 Å². The number of carbonyl (C=O) groups excluding carboxylic acids is 1. The van der Waals surface area contributed by atoms with Crippen LogP contribution in [-0.4, -0.2) is 50.1 Å². The van der Waals surface area contributed by atoms with Gasteiger partial charge in [0.05, 0.1) is 11.5 Å². The quantitative estimate of drug-likeness (QED) is 0.851. The van der Waals surface area contributed by atoms with Gasteiger partial charge in [0.2, 0.25) is 0 Å². The van der Waals surface area contributed by atoms with Crippen LogP contribution in [-0.2, 0) is 15.6 Å². The molecule has 1 aliphatic rings. The average molecular weight is 313 g/mol. The van der Waals surface area contributed by atoms with Gasteiger partial charge in [-0.05, 0) is 30.4 Å². The molecule has 1 heterocycles. The first-order valence-corrected chi connectivity index (χ1v) is 9.70. The van der Waals surface area contributed by atoms with Crippen molar-refractivity contribution in [3.05, 3.63) is 35.4 Å². The topological polar surface area (TPSA) is 54.5 Å². The molecule has 2 rings (SSSR count). The minimum Gasteiger partial charge on any atom is -0.338 e. The highest BCUT2D eigenvalue weighted by Gasteiger charge is 2.32. The van der Waals surface area contributed by atoms with E-state index in [1.54, 1.807) is 23.7 Å². The summed E-state index contributed by atoms with van der Waals surface area (Å²) in [6.07, 6.45) is 2.57. The van der Waals surface area contributed by atoms with Gasteiger partial charge in [0.1, 0.15) is 0 Å². The molecule has 1 aliphatic heterocycles. The lowest BCUT2D eigenvalue weighted by Gasteiger charge is -2.23. The minimum absolute atomic E-state index is 0.0831. The summed E-state index contributed by atoms with van der Waals surface area (Å²) in [5, 5.41) is 0. The Balaban J connectivity index is 2.07. The van der Waals surface area contributed by atoms with Crippen molar-refractivity contribution in [3.8, 4) is 0 Å². The Morgan fingerprint density at radius 2 is 2.00 bits per heavy atom. The molecular weight excluding hydrogens is 294 g/mol. The number of nitrogens with zero attached hydrogens (tertiary/aromatic N) is 1. The zero-order chi connectivity index (χ0) is 14.8. The maximum Gasteiger partial charge on any atom is 0.253 e. The Bertz CT molecular complexity index is 581. The van der Waals surface area contributed by atoms with Gasteiger partial charge in [-0.1, -0.05) is 12.1 Å². The fourth-order valence-corrected chi connectivity index (χ4v) is 4.66. The van der Waals surface area contributed by atoms with Crippen molar-refractivity contribution < 1.29 is 13.2 Å². The predicted octanol–water partition coefficient (Wildman–Crippen LogP) is 1.81. The molecule has 0 spiro atoms. The van der Waals surface area contributed by atoms with Gasteiger partial charge in [-0.25, -0.2) is 8.42 Å². The van der Waals surface area contributed by atoms with Gasteiger partial charge in [-0.3, -0.25) is 4.79 Å². The third-order valence-electron chi connectivity index (χ3n) is 3.59. The molecule has 0 radical (unpaired) electrons. The van der Waals surface area contributed by atoms with E-state index in [1.165, 1.54) is 5.56 Å². The van der Waals surface area contributed by atoms with Crippen LogP contribution in [0.3, 0.4) is 0 Å². The first-order chi connectivity index (χ1) is 9.43. The zero-order valence-corrected chi connectivity index (χ0v) is 13.3. The Hall–Kier alpha value is -1.01. The number of hydrogen-bond donors (Lipinski definition) is 0. The van der Waals surface area contributed by atoms with Crippen LogP contribution in [0, 0.1) is 0 Å². The van der Waals surface area contributed by atoms with Crippen molar-refractivity contribution in [1.29, 1.82) is 0 Å². The van der Waals surface area contributed by atoms with E-state index >= 15 is 0 Å². The molecule has 1 aromatic rings. The lowest BCUT2D eigenvalue weighted by atomic mass is 10.1. The standard InChI is InChI=1S/C14H19NO3S2/c1-15(13-7-8-20(17,18)10-13)14(16)12-5-3-11(4-6-12)9-19-2/h3-6,13H,7-10H2,1-2H3. The van der Waals surface area contributed by atoms with Gasteiger partial charge in [0.15, 0.2) is 9.84 Å². The summed E-state index contributed by atoms with van der Waals surface area (Å²) in [6.45, 7) is 0. The van der Waals surface area contributed by atoms with Crippen LogP contribution in [0.4, 0.5) is 0 Å². The zero-order valence-electron chi connectivity index (χ0n) is 11.7. The molecule has 4 nitrogen and oxygen atoms in total. The summed E-state index contributed by atoms with van der Waals surface area (Å²) in [4.78, 5) is 13.9. The summed E-state index contributed by atoms with van der Waals surface area (Å²) in [7, 11) is -1.28. The van der Waals surface area contributed by atoms with E-state index in [-0.39, 0.29) is 23.5 Å². The van der Waals surface area contributed by atoms with Crippen LogP contribution in [0.1, 0.15) is 22.3 Å². The highest BCUT2D eigenvalue weighted by molar-refractivity contribution is 7.97. The highest BCUT2D eigenvalue weighted by atomic mass is 32.2. The van der Waals surface area contributed by atoms with Gasteiger partial charge in [-0.2, -0.15) is 11.8 Å². The Labute approximate surface area is 124 Å². The molecule has 1 aromatic carbocycles. The molecule has 1 amide bonds. The minimum atomic E-state index is -2.97. The molecule has 6 heteroatoms. The predicted molar refractivity (Wildman–Crippen MR) is 82.8 cm³/mol. The molecule has 1 saturated heterocycles. The maximum atomic E-state index is 12.3. The van der Waals surface area contributed by atoms with Crippen molar-refractivity contribution in [2.24, 2.45) is 0 Å². The SMILES string of the molecule is CSCc1ccc(C(=O)N(C)C2CCS(=O)(=O)C2)cc1. The molecule has 0 aromatic heterocycles. The van der Waals surface area contributed by atoms with E-state index in [9.17, 15) is 13.2 Å². The first-order valence-electron chi connectivity index (χ1n) is 6.48. The number of rotatable bonds is 4. The molecule has 0 bridgehead atoms. The molecule has 1 fully saturated rings. The summed E-state index contributed by atoms with van der Waals surface area (Å²) >= 11 is 1.73. The number of sulfone groups is 1. The molecule has 20 heavy (non-hydrogen) atoms. The number of thioether (sulfide) groups is 1. The number of amides is 1. The molecular formula is C14H19NO3S2. The summed E-state index contributed by atoms with van der Waals surface area (Å²) in [5.74, 6) is 1.08. The first kappa shape index (κ1) is 15.4. The highest BCUT2D eigenvalue weighted by Crippen LogP contribution is 2.19. The fraction of sp³-hybridized carbons (Fsp3) is 0.500. The van der Waals surface area contributed by atoms with Crippen LogP contribution in [0.15, 0.2) is 24.3 Å². The molecule has 110 valence electrons. The third-order valence-corrected chi connectivity index (χ3v) is 5.96. The fourth-order valence-electron chi connectivity index (χ4n) is 2.36. The Kier molecular flexibility index (Phi) is 4.75. The largest absolute Gasteiger partial charge is 0.338 e. The monoisotopic (exact) mass is 313 g/mol. The van der Waals surface area contributed by atoms with E-state index < -0.39 is 9.84 Å². The molecule has 0 N–H and O–H groups in total. The van der Waals surface area contributed by atoms with E-state index in [2.05, 4.69) is 0 Å². The molecule has 0 aliphatic carbocycles. The molecule has 0 saturated carbocycles. The van der Waals surface area contributed by atoms with Crippen LogP contribution >= 0.6 is 11.8 Å². The smallest absolute Gasteiger partial charge is 0.253 e. The van der Waals surface area contributed by atoms with E-state index in [1.807, 2.05) is 30.5 Å². The second kappa shape index (κ2) is 6.18. The number of carbonyl (C=O) groups is 1. The number of benzene rings is 1. The maximum absolute atomic E-state index is 12.3. The summed E-state index contributed by atoms with van der Waals surface area (Å²) < 4.78 is 23.0. The Morgan fingerprint density at radius 1 is 1.35 bits per heavy atom. The van der Waals surface area contributed by atoms with Gasteiger partial charge in [0, 0.05) is 24.4 Å². The van der Waals surface area contributed by atoms with Crippen molar-refractivity contribution in [1.82, 2.24) is 4.90 Å². The normalized spacial score (nSPS) is 20.8. The van der Waals surface area contributed by atoms with E-state index in [4.69, 9.17) is 0 Å². The second-order valence-electron chi connectivity index (χ2n) is 5.10. The van der Waals surface area contributed by atoms with Crippen LogP contribution < -0.4 is 0 Å². The third kappa shape index (κ3) is 3.55. The van der Waals surface area contributed by atoms with Gasteiger partial charge in [-0.15, -0.1) is 0 Å².